The number of para-hydroxylation sites is 1. The molecule has 0 saturated carbocycles. The average molecular weight is 337 g/mol. The molecule has 130 valence electrons. The normalized spacial score (nSPS) is 11.9. The van der Waals surface area contributed by atoms with E-state index >= 15 is 0 Å². The van der Waals surface area contributed by atoms with Gasteiger partial charge in [0.2, 0.25) is 0 Å². The van der Waals surface area contributed by atoms with E-state index in [1.807, 2.05) is 37.3 Å². The third kappa shape index (κ3) is 5.98. The molecule has 1 atom stereocenters. The maximum absolute atomic E-state index is 11.9. The average Bonchev–Trinajstić information content (AvgIpc) is 2.52. The minimum atomic E-state index is -0.893. The van der Waals surface area contributed by atoms with Gasteiger partial charge >= 0.3 is 6.09 Å². The van der Waals surface area contributed by atoms with Crippen LogP contribution in [-0.4, -0.2) is 16.8 Å². The fourth-order valence-electron chi connectivity index (χ4n) is 2.09. The topological polar surface area (TPSA) is 58.6 Å². The van der Waals surface area contributed by atoms with Crippen molar-refractivity contribution < 1.29 is 14.6 Å². The number of benzene rings is 2. The number of ether oxygens (including phenoxy) is 1. The quantitative estimate of drug-likeness (QED) is 0.797. The van der Waals surface area contributed by atoms with Gasteiger partial charge < -0.3 is 9.84 Å². The summed E-state index contributed by atoms with van der Waals surface area (Å²) in [4.78, 5) is 11.9. The van der Waals surface area contributed by atoms with Gasteiger partial charge in [0.15, 0.2) is 0 Å². The van der Waals surface area contributed by atoms with Gasteiger partial charge in [-0.05, 0) is 45.4 Å². The molecule has 2 aromatic carbocycles. The molecule has 4 nitrogen and oxygen atoms in total. The van der Waals surface area contributed by atoms with E-state index in [4.69, 9.17) is 4.74 Å². The molecule has 0 aromatic heterocycles. The van der Waals surface area contributed by atoms with E-state index in [-0.39, 0.29) is 0 Å². The lowest BCUT2D eigenvalue weighted by Crippen LogP contribution is -2.27. The summed E-state index contributed by atoms with van der Waals surface area (Å²) in [6.07, 6.45) is -1.43. The van der Waals surface area contributed by atoms with Crippen LogP contribution in [0.1, 0.15) is 43.6 Å². The number of nitrogens with one attached hydrogen (secondary N) is 1. The zero-order valence-corrected chi connectivity index (χ0v) is 15.0. The second kappa shape index (κ2) is 7.87. The fourth-order valence-corrected chi connectivity index (χ4v) is 2.09. The van der Waals surface area contributed by atoms with Crippen LogP contribution < -0.4 is 5.32 Å². The van der Waals surface area contributed by atoms with Crippen molar-refractivity contribution in [3.05, 3.63) is 65.2 Å². The van der Waals surface area contributed by atoms with Crippen LogP contribution in [0, 0.1) is 18.8 Å². The Balaban J connectivity index is 2.16. The molecule has 0 spiro atoms. The van der Waals surface area contributed by atoms with E-state index < -0.39 is 17.8 Å². The molecule has 0 fully saturated rings. The first-order chi connectivity index (χ1) is 11.7. The molecule has 2 rings (SSSR count). The maximum atomic E-state index is 11.9. The first kappa shape index (κ1) is 18.6. The molecule has 0 aliphatic carbocycles. The Hall–Kier alpha value is -2.77. The van der Waals surface area contributed by atoms with Crippen LogP contribution in [0.25, 0.3) is 0 Å². The molecule has 0 bridgehead atoms. The Morgan fingerprint density at radius 3 is 2.40 bits per heavy atom. The Kier molecular flexibility index (Phi) is 5.84. The molecule has 0 radical (unpaired) electrons. The zero-order chi connectivity index (χ0) is 18.4. The van der Waals surface area contributed by atoms with Gasteiger partial charge in [0.25, 0.3) is 0 Å². The number of carbonyl (C=O) groups is 1. The van der Waals surface area contributed by atoms with Crippen LogP contribution in [0.3, 0.4) is 0 Å². The summed E-state index contributed by atoms with van der Waals surface area (Å²) in [6.45, 7) is 7.39. The number of amides is 1. The van der Waals surface area contributed by atoms with E-state index in [9.17, 15) is 9.90 Å². The minimum absolute atomic E-state index is 0.541. The molecule has 2 N–H and O–H groups in total. The number of hydrogen-bond donors (Lipinski definition) is 2. The number of carbonyl (C=O) groups excluding carboxylic acids is 1. The van der Waals surface area contributed by atoms with Gasteiger partial charge in [-0.3, -0.25) is 5.32 Å². The molecule has 0 saturated heterocycles. The number of rotatable bonds is 2. The van der Waals surface area contributed by atoms with Gasteiger partial charge in [0.05, 0.1) is 5.69 Å². The standard InChI is InChI=1S/C21H23NO3/c1-15-9-11-17(12-10-15)19(23)14-13-16-7-5-6-8-18(16)22-20(24)25-21(2,3)4/h5-12,19,23H,1-4H3,(H,22,24). The Bertz CT molecular complexity index is 792. The van der Waals surface area contributed by atoms with E-state index in [1.165, 1.54) is 0 Å². The van der Waals surface area contributed by atoms with E-state index in [1.54, 1.807) is 39.0 Å². The van der Waals surface area contributed by atoms with Crippen LogP contribution >= 0.6 is 0 Å². The summed E-state index contributed by atoms with van der Waals surface area (Å²) >= 11 is 0. The summed E-state index contributed by atoms with van der Waals surface area (Å²) in [7, 11) is 0. The summed E-state index contributed by atoms with van der Waals surface area (Å²) in [5.41, 5.74) is 2.43. The molecular formula is C21H23NO3. The number of aryl methyl sites for hydroxylation is 1. The monoisotopic (exact) mass is 337 g/mol. The predicted molar refractivity (Wildman–Crippen MR) is 99.3 cm³/mol. The first-order valence-corrected chi connectivity index (χ1v) is 8.10. The number of aliphatic hydroxyl groups is 1. The second-order valence-corrected chi connectivity index (χ2v) is 6.76. The van der Waals surface area contributed by atoms with Crippen LogP contribution in [0.15, 0.2) is 48.5 Å². The van der Waals surface area contributed by atoms with Crippen molar-refractivity contribution in [2.75, 3.05) is 5.32 Å². The smallest absolute Gasteiger partial charge is 0.412 e. The molecule has 4 heteroatoms. The zero-order valence-electron chi connectivity index (χ0n) is 15.0. The van der Waals surface area contributed by atoms with E-state index in [2.05, 4.69) is 17.2 Å². The molecule has 2 aromatic rings. The first-order valence-electron chi connectivity index (χ1n) is 8.10. The van der Waals surface area contributed by atoms with Crippen molar-refractivity contribution in [3.63, 3.8) is 0 Å². The highest BCUT2D eigenvalue weighted by Gasteiger charge is 2.16. The molecular weight excluding hydrogens is 314 g/mol. The lowest BCUT2D eigenvalue weighted by atomic mass is 10.1. The fraction of sp³-hybridized carbons (Fsp3) is 0.286. The van der Waals surface area contributed by atoms with Gasteiger partial charge in [0.1, 0.15) is 11.7 Å². The van der Waals surface area contributed by atoms with Crippen molar-refractivity contribution in [1.82, 2.24) is 0 Å². The van der Waals surface area contributed by atoms with Gasteiger partial charge in [-0.15, -0.1) is 0 Å². The Labute approximate surface area is 148 Å². The summed E-state index contributed by atoms with van der Waals surface area (Å²) in [6, 6.07) is 14.7. The van der Waals surface area contributed by atoms with Gasteiger partial charge in [-0.2, -0.15) is 0 Å². The summed E-state index contributed by atoms with van der Waals surface area (Å²) in [5, 5.41) is 12.9. The number of anilines is 1. The molecule has 1 unspecified atom stereocenters. The number of aliphatic hydroxyl groups excluding tert-OH is 1. The Morgan fingerprint density at radius 2 is 1.76 bits per heavy atom. The van der Waals surface area contributed by atoms with Crippen LogP contribution in [-0.2, 0) is 4.74 Å². The summed E-state index contributed by atoms with van der Waals surface area (Å²) in [5.74, 6) is 5.73. The number of hydrogen-bond acceptors (Lipinski definition) is 3. The molecule has 0 aliphatic rings. The summed E-state index contributed by atoms with van der Waals surface area (Å²) < 4.78 is 5.26. The highest BCUT2D eigenvalue weighted by Crippen LogP contribution is 2.17. The van der Waals surface area contributed by atoms with Crippen molar-refractivity contribution in [2.45, 2.75) is 39.4 Å². The van der Waals surface area contributed by atoms with E-state index in [0.717, 1.165) is 11.1 Å². The highest BCUT2D eigenvalue weighted by molar-refractivity contribution is 5.86. The largest absolute Gasteiger partial charge is 0.444 e. The molecule has 0 aliphatic heterocycles. The van der Waals surface area contributed by atoms with Crippen LogP contribution in [0.5, 0.6) is 0 Å². The van der Waals surface area contributed by atoms with Gasteiger partial charge in [-0.1, -0.05) is 53.8 Å². The lowest BCUT2D eigenvalue weighted by Gasteiger charge is -2.20. The van der Waals surface area contributed by atoms with Crippen molar-refractivity contribution in [1.29, 1.82) is 0 Å². The van der Waals surface area contributed by atoms with Crippen molar-refractivity contribution in [2.24, 2.45) is 0 Å². The highest BCUT2D eigenvalue weighted by atomic mass is 16.6. The van der Waals surface area contributed by atoms with Crippen molar-refractivity contribution >= 4 is 11.8 Å². The third-order valence-corrected chi connectivity index (χ3v) is 3.30. The van der Waals surface area contributed by atoms with E-state index in [0.29, 0.717) is 11.3 Å². The molecule has 1 amide bonds. The van der Waals surface area contributed by atoms with Gasteiger partial charge in [-0.25, -0.2) is 4.79 Å². The van der Waals surface area contributed by atoms with Crippen LogP contribution in [0.2, 0.25) is 0 Å². The lowest BCUT2D eigenvalue weighted by molar-refractivity contribution is 0.0636. The maximum Gasteiger partial charge on any atom is 0.412 e. The van der Waals surface area contributed by atoms with Crippen molar-refractivity contribution in [3.8, 4) is 11.8 Å². The second-order valence-electron chi connectivity index (χ2n) is 6.76. The minimum Gasteiger partial charge on any atom is -0.444 e. The third-order valence-electron chi connectivity index (χ3n) is 3.30. The van der Waals surface area contributed by atoms with Gasteiger partial charge in [0, 0.05) is 5.56 Å². The molecule has 0 heterocycles. The SMILES string of the molecule is Cc1ccc(C(O)C#Cc2ccccc2NC(=O)OC(C)(C)C)cc1. The predicted octanol–water partition coefficient (Wildman–Crippen LogP) is 4.43. The van der Waals surface area contributed by atoms with Crippen LogP contribution in [0.4, 0.5) is 10.5 Å². The molecule has 25 heavy (non-hydrogen) atoms. The Morgan fingerprint density at radius 1 is 1.12 bits per heavy atom.